The first-order valence-electron chi connectivity index (χ1n) is 5.81. The monoisotopic (exact) mass is 278 g/mol. The Hall–Kier alpha value is -2.70. The second-order valence-corrected chi connectivity index (χ2v) is 3.88. The van der Waals surface area contributed by atoms with Crippen molar-refractivity contribution in [1.82, 2.24) is 5.16 Å². The smallest absolute Gasteiger partial charge is 0.374 e. The molecule has 0 spiro atoms. The molecule has 0 aliphatic rings. The molecule has 0 atom stereocenters. The lowest BCUT2D eigenvalue weighted by molar-refractivity contribution is 0.0651. The van der Waals surface area contributed by atoms with E-state index in [1.165, 1.54) is 18.2 Å². The number of carboxylic acid groups (broad SMARTS) is 1. The number of anilines is 1. The highest BCUT2D eigenvalue weighted by atomic mass is 19.1. The van der Waals surface area contributed by atoms with E-state index in [2.05, 4.69) is 9.68 Å². The van der Waals surface area contributed by atoms with E-state index in [0.29, 0.717) is 0 Å². The Morgan fingerprint density at radius 2 is 2.10 bits per heavy atom. The van der Waals surface area contributed by atoms with Crippen LogP contribution >= 0.6 is 0 Å². The van der Waals surface area contributed by atoms with Crippen molar-refractivity contribution in [3.63, 3.8) is 0 Å². The van der Waals surface area contributed by atoms with Crippen molar-refractivity contribution in [2.75, 3.05) is 11.4 Å². The first-order chi connectivity index (χ1) is 9.54. The molecule has 1 heterocycles. The van der Waals surface area contributed by atoms with Crippen LogP contribution in [-0.2, 0) is 0 Å². The fourth-order valence-corrected chi connectivity index (χ4v) is 1.71. The fourth-order valence-electron chi connectivity index (χ4n) is 1.71. The maximum atomic E-state index is 13.7. The molecule has 2 rings (SSSR count). The molecular formula is C13H11FN2O4. The summed E-state index contributed by atoms with van der Waals surface area (Å²) in [4.78, 5) is 24.0. The predicted octanol–water partition coefficient (Wildman–Crippen LogP) is 2.18. The number of benzene rings is 1. The predicted molar refractivity (Wildman–Crippen MR) is 67.2 cm³/mol. The van der Waals surface area contributed by atoms with E-state index in [1.54, 1.807) is 13.0 Å². The zero-order chi connectivity index (χ0) is 14.7. The lowest BCUT2D eigenvalue weighted by Crippen LogP contribution is -2.31. The average Bonchev–Trinajstić information content (AvgIpc) is 2.91. The molecule has 0 saturated heterocycles. The maximum absolute atomic E-state index is 13.7. The molecular weight excluding hydrogens is 267 g/mol. The van der Waals surface area contributed by atoms with Crippen LogP contribution in [0.1, 0.15) is 28.0 Å². The van der Waals surface area contributed by atoms with E-state index in [1.807, 2.05) is 0 Å². The summed E-state index contributed by atoms with van der Waals surface area (Å²) in [5, 5.41) is 12.1. The number of aromatic carboxylic acids is 1. The summed E-state index contributed by atoms with van der Waals surface area (Å²) in [5.74, 6) is -2.96. The molecule has 20 heavy (non-hydrogen) atoms. The molecule has 104 valence electrons. The lowest BCUT2D eigenvalue weighted by atomic mass is 10.2. The third-order valence-corrected chi connectivity index (χ3v) is 2.64. The average molecular weight is 278 g/mol. The van der Waals surface area contributed by atoms with Crippen LogP contribution in [-0.4, -0.2) is 28.7 Å². The van der Waals surface area contributed by atoms with Crippen molar-refractivity contribution in [2.45, 2.75) is 6.92 Å². The van der Waals surface area contributed by atoms with E-state index in [9.17, 15) is 14.0 Å². The minimum atomic E-state index is -1.33. The van der Waals surface area contributed by atoms with Crippen LogP contribution in [0.25, 0.3) is 0 Å². The van der Waals surface area contributed by atoms with E-state index in [0.717, 1.165) is 11.0 Å². The van der Waals surface area contributed by atoms with Crippen LogP contribution in [0.2, 0.25) is 0 Å². The van der Waals surface area contributed by atoms with Crippen LogP contribution < -0.4 is 4.90 Å². The van der Waals surface area contributed by atoms with Gasteiger partial charge in [0.15, 0.2) is 5.69 Å². The number of hydrogen-bond acceptors (Lipinski definition) is 4. The number of aromatic nitrogens is 1. The van der Waals surface area contributed by atoms with Crippen molar-refractivity contribution >= 4 is 17.6 Å². The third-order valence-electron chi connectivity index (χ3n) is 2.64. The summed E-state index contributed by atoms with van der Waals surface area (Å²) in [6, 6.07) is 6.80. The van der Waals surface area contributed by atoms with Gasteiger partial charge in [-0.15, -0.1) is 0 Å². The fraction of sp³-hybridized carbons (Fsp3) is 0.154. The zero-order valence-electron chi connectivity index (χ0n) is 10.5. The van der Waals surface area contributed by atoms with Crippen molar-refractivity contribution in [2.24, 2.45) is 0 Å². The summed E-state index contributed by atoms with van der Waals surface area (Å²) >= 11 is 0. The largest absolute Gasteiger partial charge is 0.475 e. The number of rotatable bonds is 4. The molecule has 1 amide bonds. The van der Waals surface area contributed by atoms with Crippen molar-refractivity contribution in [1.29, 1.82) is 0 Å². The number of carbonyl (C=O) groups is 2. The highest BCUT2D eigenvalue weighted by molar-refractivity contribution is 6.05. The molecule has 0 aliphatic carbocycles. The molecule has 0 aliphatic heterocycles. The van der Waals surface area contributed by atoms with E-state index < -0.39 is 23.5 Å². The first-order valence-corrected chi connectivity index (χ1v) is 5.81. The summed E-state index contributed by atoms with van der Waals surface area (Å²) in [6.45, 7) is 1.87. The number of para-hydroxylation sites is 1. The molecule has 2 aromatic rings. The van der Waals surface area contributed by atoms with Crippen LogP contribution in [0.3, 0.4) is 0 Å². The topological polar surface area (TPSA) is 83.6 Å². The molecule has 7 heteroatoms. The van der Waals surface area contributed by atoms with Gasteiger partial charge in [-0.05, 0) is 19.1 Å². The third kappa shape index (κ3) is 2.51. The van der Waals surface area contributed by atoms with Crippen LogP contribution in [0.15, 0.2) is 34.9 Å². The van der Waals surface area contributed by atoms with E-state index in [-0.39, 0.29) is 17.9 Å². The van der Waals surface area contributed by atoms with E-state index >= 15 is 0 Å². The van der Waals surface area contributed by atoms with Gasteiger partial charge in [-0.25, -0.2) is 9.18 Å². The minimum Gasteiger partial charge on any atom is -0.475 e. The summed E-state index contributed by atoms with van der Waals surface area (Å²) in [5.41, 5.74) is -0.0904. The van der Waals surface area contributed by atoms with Gasteiger partial charge in [0.1, 0.15) is 5.82 Å². The van der Waals surface area contributed by atoms with Gasteiger partial charge in [0, 0.05) is 12.6 Å². The van der Waals surface area contributed by atoms with Gasteiger partial charge in [0.25, 0.3) is 5.91 Å². The molecule has 6 nitrogen and oxygen atoms in total. The number of nitrogens with zero attached hydrogens (tertiary/aromatic N) is 2. The Bertz CT molecular complexity index is 653. The van der Waals surface area contributed by atoms with Gasteiger partial charge in [0.2, 0.25) is 5.76 Å². The number of hydrogen-bond donors (Lipinski definition) is 1. The lowest BCUT2D eigenvalue weighted by Gasteiger charge is -2.20. The second kappa shape index (κ2) is 5.52. The Morgan fingerprint density at radius 1 is 1.40 bits per heavy atom. The number of amides is 1. The minimum absolute atomic E-state index is 0.0971. The number of carboxylic acids is 1. The van der Waals surface area contributed by atoms with Crippen LogP contribution in [0.4, 0.5) is 10.1 Å². The van der Waals surface area contributed by atoms with Gasteiger partial charge in [-0.2, -0.15) is 0 Å². The van der Waals surface area contributed by atoms with Gasteiger partial charge < -0.3 is 14.5 Å². The quantitative estimate of drug-likeness (QED) is 0.926. The molecule has 1 N–H and O–H groups in total. The summed E-state index contributed by atoms with van der Waals surface area (Å²) < 4.78 is 18.2. The molecule has 0 saturated carbocycles. The van der Waals surface area contributed by atoms with Gasteiger partial charge in [-0.3, -0.25) is 4.79 Å². The normalized spacial score (nSPS) is 10.3. The molecule has 1 aromatic carbocycles. The maximum Gasteiger partial charge on any atom is 0.374 e. The molecule has 0 bridgehead atoms. The molecule has 0 radical (unpaired) electrons. The summed E-state index contributed by atoms with van der Waals surface area (Å²) in [6.07, 6.45) is 0. The van der Waals surface area contributed by atoms with Crippen LogP contribution in [0, 0.1) is 5.82 Å². The van der Waals surface area contributed by atoms with Crippen molar-refractivity contribution < 1.29 is 23.6 Å². The molecule has 0 fully saturated rings. The highest BCUT2D eigenvalue weighted by Crippen LogP contribution is 2.20. The number of carbonyl (C=O) groups excluding carboxylic acids is 1. The Balaban J connectivity index is 2.34. The van der Waals surface area contributed by atoms with Gasteiger partial charge in [-0.1, -0.05) is 17.3 Å². The second-order valence-electron chi connectivity index (χ2n) is 3.88. The molecule has 1 aromatic heterocycles. The SMILES string of the molecule is CCN(C(=O)c1cc(C(=O)O)on1)c1ccccc1F. The van der Waals surface area contributed by atoms with Crippen molar-refractivity contribution in [3.05, 3.63) is 47.6 Å². The molecule has 0 unspecified atom stereocenters. The van der Waals surface area contributed by atoms with Gasteiger partial charge >= 0.3 is 5.97 Å². The Labute approximate surface area is 113 Å². The Kier molecular flexibility index (Phi) is 3.79. The highest BCUT2D eigenvalue weighted by Gasteiger charge is 2.23. The first kappa shape index (κ1) is 13.7. The van der Waals surface area contributed by atoms with Crippen molar-refractivity contribution in [3.8, 4) is 0 Å². The summed E-state index contributed by atoms with van der Waals surface area (Å²) in [7, 11) is 0. The van der Waals surface area contributed by atoms with Crippen LogP contribution in [0.5, 0.6) is 0 Å². The number of halogens is 1. The Morgan fingerprint density at radius 3 is 2.65 bits per heavy atom. The zero-order valence-corrected chi connectivity index (χ0v) is 10.5. The standard InChI is InChI=1S/C13H11FN2O4/c1-2-16(10-6-4-3-5-8(10)14)12(17)9-7-11(13(18)19)20-15-9/h3-7H,2H2,1H3,(H,18,19). The van der Waals surface area contributed by atoms with Gasteiger partial charge in [0.05, 0.1) is 5.69 Å². The van der Waals surface area contributed by atoms with E-state index in [4.69, 9.17) is 5.11 Å².